The molecule has 0 aliphatic carbocycles. The van der Waals surface area contributed by atoms with E-state index in [1.807, 2.05) is 40.0 Å². The molecule has 0 aliphatic rings. The number of pyridine rings is 1. The zero-order valence-electron chi connectivity index (χ0n) is 16.0. The summed E-state index contributed by atoms with van der Waals surface area (Å²) in [5.41, 5.74) is 4.56. The number of nitrogens with zero attached hydrogens (tertiary/aromatic N) is 1. The molecule has 0 amide bonds. The van der Waals surface area contributed by atoms with Gasteiger partial charge in [0.05, 0.1) is 11.0 Å². The third kappa shape index (κ3) is 2.98. The van der Waals surface area contributed by atoms with Crippen LogP contribution in [0.25, 0.3) is 21.8 Å². The van der Waals surface area contributed by atoms with Gasteiger partial charge >= 0.3 is 0 Å². The minimum Gasteiger partial charge on any atom is -0.343 e. The van der Waals surface area contributed by atoms with E-state index >= 15 is 0 Å². The van der Waals surface area contributed by atoms with Gasteiger partial charge < -0.3 is 4.57 Å². The molecule has 2 aromatic carbocycles. The fraction of sp³-hybridized carbons (Fsp3) is 0.409. The van der Waals surface area contributed by atoms with Gasteiger partial charge in [0.2, 0.25) is 0 Å². The lowest BCUT2D eigenvalue weighted by molar-refractivity contribution is 0.507. The molecule has 0 bridgehead atoms. The van der Waals surface area contributed by atoms with E-state index in [9.17, 15) is 4.79 Å². The molecule has 2 heteroatoms. The smallest absolute Gasteiger partial charge is 0.197 e. The molecule has 1 aromatic heterocycles. The van der Waals surface area contributed by atoms with Gasteiger partial charge in [0, 0.05) is 17.8 Å². The number of hydrogen-bond donors (Lipinski definition) is 0. The van der Waals surface area contributed by atoms with E-state index in [4.69, 9.17) is 0 Å². The van der Waals surface area contributed by atoms with Crippen LogP contribution >= 0.6 is 0 Å². The number of fused-ring (bicyclic) bond motifs is 2. The maximum absolute atomic E-state index is 12.9. The van der Waals surface area contributed by atoms with Crippen LogP contribution in [0.1, 0.15) is 52.2 Å². The van der Waals surface area contributed by atoms with Crippen molar-refractivity contribution in [3.8, 4) is 0 Å². The van der Waals surface area contributed by atoms with Gasteiger partial charge in [-0.3, -0.25) is 4.79 Å². The van der Waals surface area contributed by atoms with E-state index in [1.165, 1.54) is 5.56 Å². The second-order valence-electron chi connectivity index (χ2n) is 6.88. The van der Waals surface area contributed by atoms with Crippen molar-refractivity contribution in [1.82, 2.24) is 4.57 Å². The predicted molar refractivity (Wildman–Crippen MR) is 106 cm³/mol. The average molecular weight is 323 g/mol. The fourth-order valence-electron chi connectivity index (χ4n) is 3.03. The van der Waals surface area contributed by atoms with E-state index in [0.29, 0.717) is 0 Å². The Morgan fingerprint density at radius 3 is 2.08 bits per heavy atom. The Labute approximate surface area is 145 Å². The van der Waals surface area contributed by atoms with Crippen molar-refractivity contribution in [2.24, 2.45) is 7.05 Å². The number of hydrogen-bond acceptors (Lipinski definition) is 1. The molecule has 0 aliphatic heterocycles. The van der Waals surface area contributed by atoms with Gasteiger partial charge in [-0.05, 0) is 48.6 Å². The summed E-state index contributed by atoms with van der Waals surface area (Å²) in [5, 5.41) is 1.63. The molecule has 1 heterocycles. The molecule has 0 unspecified atom stereocenters. The second-order valence-corrected chi connectivity index (χ2v) is 6.88. The number of rotatable bonds is 2. The van der Waals surface area contributed by atoms with Crippen LogP contribution < -0.4 is 5.43 Å². The summed E-state index contributed by atoms with van der Waals surface area (Å²) in [4.78, 5) is 12.9. The minimum atomic E-state index is 0.0841. The van der Waals surface area contributed by atoms with Crippen molar-refractivity contribution in [2.45, 2.75) is 53.4 Å². The maximum Gasteiger partial charge on any atom is 0.197 e. The van der Waals surface area contributed by atoms with Crippen molar-refractivity contribution in [3.05, 3.63) is 57.7 Å². The van der Waals surface area contributed by atoms with Crippen molar-refractivity contribution in [3.63, 3.8) is 0 Å². The summed E-state index contributed by atoms with van der Waals surface area (Å²) in [5.74, 6) is 0. The lowest BCUT2D eigenvalue weighted by Crippen LogP contribution is -2.17. The van der Waals surface area contributed by atoms with Crippen LogP contribution in [0.5, 0.6) is 0 Å². The van der Waals surface area contributed by atoms with Crippen molar-refractivity contribution >= 4 is 21.8 Å². The first-order chi connectivity index (χ1) is 11.3. The third-order valence-corrected chi connectivity index (χ3v) is 5.03. The van der Waals surface area contributed by atoms with Gasteiger partial charge in [0.1, 0.15) is 0 Å². The molecule has 3 aromatic rings. The van der Waals surface area contributed by atoms with E-state index in [2.05, 4.69) is 49.6 Å². The Bertz CT molecular complexity index is 932. The Hall–Kier alpha value is -2.09. The average Bonchev–Trinajstić information content (AvgIpc) is 2.60. The highest BCUT2D eigenvalue weighted by Gasteiger charge is 2.19. The molecule has 0 atom stereocenters. The van der Waals surface area contributed by atoms with E-state index in [-0.39, 0.29) is 10.8 Å². The molecule has 0 radical (unpaired) electrons. The zero-order valence-corrected chi connectivity index (χ0v) is 16.0. The molecule has 24 heavy (non-hydrogen) atoms. The summed E-state index contributed by atoms with van der Waals surface area (Å²) in [6, 6.07) is 12.4. The summed E-state index contributed by atoms with van der Waals surface area (Å²) < 4.78 is 2.12. The Balaban J connectivity index is 0.00000100. The van der Waals surface area contributed by atoms with Gasteiger partial charge in [-0.1, -0.05) is 52.3 Å². The predicted octanol–water partition coefficient (Wildman–Crippen LogP) is 5.71. The number of aryl methyl sites for hydroxylation is 2. The number of benzene rings is 2. The van der Waals surface area contributed by atoms with E-state index in [0.717, 1.165) is 33.8 Å². The SMILES string of the molecule is CC.CCC(C)(C)c1ccc2c(c1)c(=O)c1cc(C)ccc1n2C. The van der Waals surface area contributed by atoms with Crippen LogP contribution in [-0.2, 0) is 12.5 Å². The van der Waals surface area contributed by atoms with E-state index < -0.39 is 0 Å². The van der Waals surface area contributed by atoms with Crippen LogP contribution in [0, 0.1) is 6.92 Å². The first kappa shape index (κ1) is 18.3. The largest absolute Gasteiger partial charge is 0.343 e. The lowest BCUT2D eigenvalue weighted by Gasteiger charge is -2.24. The Morgan fingerprint density at radius 2 is 1.50 bits per heavy atom. The highest BCUT2D eigenvalue weighted by Crippen LogP contribution is 2.29. The maximum atomic E-state index is 12.9. The first-order valence-electron chi connectivity index (χ1n) is 8.89. The van der Waals surface area contributed by atoms with Crippen LogP contribution in [0.15, 0.2) is 41.2 Å². The normalized spacial score (nSPS) is 11.5. The van der Waals surface area contributed by atoms with Gasteiger partial charge in [-0.25, -0.2) is 0 Å². The van der Waals surface area contributed by atoms with Crippen LogP contribution in [0.3, 0.4) is 0 Å². The monoisotopic (exact) mass is 323 g/mol. The molecular formula is C22H29NO. The molecule has 3 rings (SSSR count). The summed E-state index contributed by atoms with van der Waals surface area (Å²) >= 11 is 0. The summed E-state index contributed by atoms with van der Waals surface area (Å²) in [7, 11) is 2.03. The van der Waals surface area contributed by atoms with Crippen molar-refractivity contribution in [2.75, 3.05) is 0 Å². The van der Waals surface area contributed by atoms with Gasteiger partial charge in [-0.2, -0.15) is 0 Å². The molecule has 0 N–H and O–H groups in total. The summed E-state index contributed by atoms with van der Waals surface area (Å²) in [6.45, 7) is 12.7. The zero-order chi connectivity index (χ0) is 18.1. The first-order valence-corrected chi connectivity index (χ1v) is 8.89. The van der Waals surface area contributed by atoms with Gasteiger partial charge in [0.15, 0.2) is 5.43 Å². The van der Waals surface area contributed by atoms with Crippen molar-refractivity contribution < 1.29 is 0 Å². The molecule has 2 nitrogen and oxygen atoms in total. The quantitative estimate of drug-likeness (QED) is 0.553. The van der Waals surface area contributed by atoms with Crippen LogP contribution in [0.4, 0.5) is 0 Å². The topological polar surface area (TPSA) is 22.0 Å². The molecule has 0 spiro atoms. The number of aromatic nitrogens is 1. The highest BCUT2D eigenvalue weighted by atomic mass is 16.1. The van der Waals surface area contributed by atoms with Crippen molar-refractivity contribution in [1.29, 1.82) is 0 Å². The second kappa shape index (κ2) is 6.80. The molecule has 0 saturated heterocycles. The fourth-order valence-corrected chi connectivity index (χ4v) is 3.03. The summed E-state index contributed by atoms with van der Waals surface area (Å²) in [6.07, 6.45) is 1.05. The van der Waals surface area contributed by atoms with E-state index in [1.54, 1.807) is 0 Å². The van der Waals surface area contributed by atoms with Gasteiger partial charge in [0.25, 0.3) is 0 Å². The molecular weight excluding hydrogens is 294 g/mol. The molecule has 0 saturated carbocycles. The molecule has 0 fully saturated rings. The highest BCUT2D eigenvalue weighted by molar-refractivity contribution is 5.94. The van der Waals surface area contributed by atoms with Crippen LogP contribution in [0.2, 0.25) is 0 Å². The third-order valence-electron chi connectivity index (χ3n) is 5.03. The Kier molecular flexibility index (Phi) is 5.17. The lowest BCUT2D eigenvalue weighted by atomic mass is 9.81. The van der Waals surface area contributed by atoms with Crippen LogP contribution in [-0.4, -0.2) is 4.57 Å². The standard InChI is InChI=1S/C20H23NO.C2H6/c1-6-20(3,4)14-8-10-18-16(12-14)19(22)15-11-13(2)7-9-17(15)21(18)5;1-2/h7-12H,6H2,1-5H3;1-2H3. The van der Waals surface area contributed by atoms with Gasteiger partial charge in [-0.15, -0.1) is 0 Å². The minimum absolute atomic E-state index is 0.0841. The molecule has 128 valence electrons. The Morgan fingerprint density at radius 1 is 0.958 bits per heavy atom.